The number of hydrogen-bond donors (Lipinski definition) is 1. The van der Waals surface area contributed by atoms with Crippen molar-refractivity contribution in [3.8, 4) is 0 Å². The second kappa shape index (κ2) is 10.6. The van der Waals surface area contributed by atoms with Crippen LogP contribution in [0.2, 0.25) is 0 Å². The van der Waals surface area contributed by atoms with Gasteiger partial charge in [-0.1, -0.05) is 18.2 Å². The Bertz CT molecular complexity index is 898. The first kappa shape index (κ1) is 22.3. The van der Waals surface area contributed by atoms with Crippen LogP contribution < -0.4 is 10.2 Å². The lowest BCUT2D eigenvalue weighted by Crippen LogP contribution is -2.46. The zero-order valence-corrected chi connectivity index (χ0v) is 18.4. The summed E-state index contributed by atoms with van der Waals surface area (Å²) in [6.45, 7) is 5.07. The minimum atomic E-state index is -0.225. The first-order valence-corrected chi connectivity index (χ1v) is 11.4. The molecule has 170 valence electrons. The molecule has 1 N–H and O–H groups in total. The van der Waals surface area contributed by atoms with Crippen LogP contribution in [0.5, 0.6) is 0 Å². The molecule has 32 heavy (non-hydrogen) atoms. The molecule has 4 rings (SSSR count). The maximum absolute atomic E-state index is 13.2. The van der Waals surface area contributed by atoms with Crippen LogP contribution in [0.15, 0.2) is 54.6 Å². The summed E-state index contributed by atoms with van der Waals surface area (Å²) in [6, 6.07) is 16.1. The van der Waals surface area contributed by atoms with Crippen molar-refractivity contribution in [1.29, 1.82) is 0 Å². The van der Waals surface area contributed by atoms with Gasteiger partial charge in [-0.3, -0.25) is 14.5 Å². The number of carbonyl (C=O) groups is 2. The van der Waals surface area contributed by atoms with Crippen molar-refractivity contribution in [3.63, 3.8) is 0 Å². The molecule has 2 aromatic rings. The number of nitrogens with zero attached hydrogens (tertiary/aromatic N) is 3. The van der Waals surface area contributed by atoms with Crippen molar-refractivity contribution in [2.45, 2.75) is 19.3 Å². The number of piperidine rings is 1. The van der Waals surface area contributed by atoms with Gasteiger partial charge in [0.15, 0.2) is 0 Å². The first-order valence-electron chi connectivity index (χ1n) is 11.4. The van der Waals surface area contributed by atoms with Crippen LogP contribution >= 0.6 is 0 Å². The van der Waals surface area contributed by atoms with Crippen LogP contribution in [-0.2, 0) is 9.59 Å². The second-order valence-electron chi connectivity index (χ2n) is 8.60. The van der Waals surface area contributed by atoms with Gasteiger partial charge in [-0.05, 0) is 55.7 Å². The lowest BCUT2D eigenvalue weighted by atomic mass is 9.95. The van der Waals surface area contributed by atoms with E-state index in [0.29, 0.717) is 32.5 Å². The molecule has 2 aliphatic heterocycles. The molecular formula is C25H31FN4O2. The normalized spacial score (nSPS) is 18.3. The largest absolute Gasteiger partial charge is 0.370 e. The van der Waals surface area contributed by atoms with Crippen molar-refractivity contribution < 1.29 is 14.0 Å². The number of hydrogen-bond acceptors (Lipinski definition) is 4. The van der Waals surface area contributed by atoms with E-state index >= 15 is 0 Å². The third kappa shape index (κ3) is 5.85. The third-order valence-corrected chi connectivity index (χ3v) is 6.40. The number of likely N-dealkylation sites (tertiary alicyclic amines) is 1. The van der Waals surface area contributed by atoms with Crippen molar-refractivity contribution in [1.82, 2.24) is 9.80 Å². The molecule has 2 aromatic carbocycles. The van der Waals surface area contributed by atoms with Gasteiger partial charge in [-0.2, -0.15) is 0 Å². The van der Waals surface area contributed by atoms with Crippen LogP contribution in [0, 0.1) is 11.7 Å². The minimum absolute atomic E-state index is 0.0386. The number of para-hydroxylation sites is 1. The van der Waals surface area contributed by atoms with Gasteiger partial charge < -0.3 is 15.1 Å². The van der Waals surface area contributed by atoms with Crippen molar-refractivity contribution in [2.75, 3.05) is 56.0 Å². The summed E-state index contributed by atoms with van der Waals surface area (Å²) in [4.78, 5) is 31.7. The zero-order chi connectivity index (χ0) is 22.3. The van der Waals surface area contributed by atoms with E-state index in [4.69, 9.17) is 0 Å². The van der Waals surface area contributed by atoms with Crippen LogP contribution in [0.3, 0.4) is 0 Å². The maximum atomic E-state index is 13.2. The van der Waals surface area contributed by atoms with Crippen LogP contribution in [-0.4, -0.2) is 67.4 Å². The summed E-state index contributed by atoms with van der Waals surface area (Å²) in [5.74, 6) is -0.0994. The van der Waals surface area contributed by atoms with E-state index in [-0.39, 0.29) is 23.5 Å². The third-order valence-electron chi connectivity index (χ3n) is 6.40. The number of nitrogens with one attached hydrogen (secondary N) is 1. The summed E-state index contributed by atoms with van der Waals surface area (Å²) in [5.41, 5.74) is 1.84. The average molecular weight is 439 g/mol. The number of benzene rings is 2. The van der Waals surface area contributed by atoms with Gasteiger partial charge in [0.25, 0.3) is 0 Å². The molecule has 7 heteroatoms. The number of amides is 2. The molecule has 0 aromatic heterocycles. The Hall–Kier alpha value is -2.93. The monoisotopic (exact) mass is 438 g/mol. The number of carbonyl (C=O) groups excluding carboxylic acids is 2. The van der Waals surface area contributed by atoms with Crippen LogP contribution in [0.1, 0.15) is 19.3 Å². The molecule has 2 saturated heterocycles. The number of rotatable bonds is 5. The van der Waals surface area contributed by atoms with E-state index in [2.05, 4.69) is 15.1 Å². The van der Waals surface area contributed by atoms with Gasteiger partial charge in [-0.15, -0.1) is 0 Å². The average Bonchev–Trinajstić information content (AvgIpc) is 3.06. The van der Waals surface area contributed by atoms with Gasteiger partial charge in [0.05, 0.1) is 6.54 Å². The van der Waals surface area contributed by atoms with Gasteiger partial charge in [0.2, 0.25) is 11.8 Å². The minimum Gasteiger partial charge on any atom is -0.370 e. The van der Waals surface area contributed by atoms with Crippen molar-refractivity contribution in [3.05, 3.63) is 60.4 Å². The smallest absolute Gasteiger partial charge is 0.236 e. The Labute approximate surface area is 189 Å². The summed E-state index contributed by atoms with van der Waals surface area (Å²) < 4.78 is 13.2. The topological polar surface area (TPSA) is 55.9 Å². The standard InChI is InChI=1S/C25H31FN4O2/c26-21-7-9-23(10-8-21)29-14-4-13-28(17-18-29)19-24(31)30-15-11-20(12-16-30)25(32)27-22-5-2-1-3-6-22/h1-3,5-10,20H,4,11-19H2,(H,27,32). The molecule has 2 aliphatic rings. The fourth-order valence-electron chi connectivity index (χ4n) is 4.49. The molecule has 0 bridgehead atoms. The van der Waals surface area contributed by atoms with Crippen LogP contribution in [0.25, 0.3) is 0 Å². The Balaban J connectivity index is 1.22. The molecule has 0 aliphatic carbocycles. The summed E-state index contributed by atoms with van der Waals surface area (Å²) >= 11 is 0. The van der Waals surface area contributed by atoms with Crippen LogP contribution in [0.4, 0.5) is 15.8 Å². The molecule has 0 atom stereocenters. The number of anilines is 2. The van der Waals surface area contributed by atoms with Gasteiger partial charge >= 0.3 is 0 Å². The quantitative estimate of drug-likeness (QED) is 0.779. The lowest BCUT2D eigenvalue weighted by Gasteiger charge is -2.33. The highest BCUT2D eigenvalue weighted by molar-refractivity contribution is 5.92. The predicted octanol–water partition coefficient (Wildman–Crippen LogP) is 3.22. The molecule has 0 unspecified atom stereocenters. The Morgan fingerprint density at radius 2 is 1.59 bits per heavy atom. The molecule has 6 nitrogen and oxygen atoms in total. The highest BCUT2D eigenvalue weighted by Crippen LogP contribution is 2.21. The van der Waals surface area contributed by atoms with E-state index in [1.165, 1.54) is 12.1 Å². The first-order chi connectivity index (χ1) is 15.6. The number of halogens is 1. The van der Waals surface area contributed by atoms with E-state index in [1.54, 1.807) is 0 Å². The molecule has 0 saturated carbocycles. The van der Waals surface area contributed by atoms with E-state index < -0.39 is 0 Å². The highest BCUT2D eigenvalue weighted by Gasteiger charge is 2.28. The molecule has 2 amide bonds. The fourth-order valence-corrected chi connectivity index (χ4v) is 4.49. The lowest BCUT2D eigenvalue weighted by molar-refractivity contribution is -0.135. The highest BCUT2D eigenvalue weighted by atomic mass is 19.1. The van der Waals surface area contributed by atoms with Crippen molar-refractivity contribution in [2.24, 2.45) is 5.92 Å². The van der Waals surface area contributed by atoms with Crippen molar-refractivity contribution >= 4 is 23.2 Å². The molecule has 2 heterocycles. The summed E-state index contributed by atoms with van der Waals surface area (Å²) in [5, 5.41) is 2.97. The second-order valence-corrected chi connectivity index (χ2v) is 8.60. The van der Waals surface area contributed by atoms with Gasteiger partial charge in [-0.25, -0.2) is 4.39 Å². The van der Waals surface area contributed by atoms with Gasteiger partial charge in [0.1, 0.15) is 5.82 Å². The predicted molar refractivity (Wildman–Crippen MR) is 124 cm³/mol. The van der Waals surface area contributed by atoms with E-state index in [9.17, 15) is 14.0 Å². The van der Waals surface area contributed by atoms with E-state index in [0.717, 1.165) is 44.0 Å². The fraction of sp³-hybridized carbons (Fsp3) is 0.440. The molecular weight excluding hydrogens is 407 g/mol. The van der Waals surface area contributed by atoms with E-state index in [1.807, 2.05) is 47.4 Å². The SMILES string of the molecule is O=C(Nc1ccccc1)C1CCN(C(=O)CN2CCCN(c3ccc(F)cc3)CC2)CC1. The molecule has 0 radical (unpaired) electrons. The summed E-state index contributed by atoms with van der Waals surface area (Å²) in [6.07, 6.45) is 2.36. The zero-order valence-electron chi connectivity index (χ0n) is 18.4. The maximum Gasteiger partial charge on any atom is 0.236 e. The Morgan fingerprint density at radius 1 is 0.875 bits per heavy atom. The Morgan fingerprint density at radius 3 is 2.31 bits per heavy atom. The molecule has 2 fully saturated rings. The Kier molecular flexibility index (Phi) is 7.37. The summed E-state index contributed by atoms with van der Waals surface area (Å²) in [7, 11) is 0. The van der Waals surface area contributed by atoms with Gasteiger partial charge in [0, 0.05) is 56.6 Å². The molecule has 0 spiro atoms.